The Morgan fingerprint density at radius 3 is 1.00 bits per heavy atom. The minimum atomic E-state index is -1.43. The van der Waals surface area contributed by atoms with E-state index in [0.29, 0.717) is 0 Å². The van der Waals surface area contributed by atoms with Gasteiger partial charge in [0.15, 0.2) is 0 Å². The van der Waals surface area contributed by atoms with Crippen LogP contribution in [0, 0.1) is 20.8 Å². The molecule has 3 rings (SSSR count). The Balaban J connectivity index is 2.27. The van der Waals surface area contributed by atoms with E-state index in [-0.39, 0.29) is 0 Å². The van der Waals surface area contributed by atoms with E-state index >= 15 is 0 Å². The fourth-order valence-electron chi connectivity index (χ4n) is 3.23. The van der Waals surface area contributed by atoms with Gasteiger partial charge < -0.3 is 0 Å². The van der Waals surface area contributed by atoms with Crippen LogP contribution in [0.3, 0.4) is 0 Å². The standard InChI is InChI=1S/C21H22Si/c1-16-10-4-7-13-19(16)22(20-14-8-5-11-17(20)2)21-15-9-6-12-18(21)3/h4-15,22H,1-3H3. The summed E-state index contributed by atoms with van der Waals surface area (Å²) in [7, 11) is -1.43. The van der Waals surface area contributed by atoms with Crippen molar-refractivity contribution in [1.82, 2.24) is 0 Å². The predicted octanol–water partition coefficient (Wildman–Crippen LogP) is 2.86. The van der Waals surface area contributed by atoms with Gasteiger partial charge in [0.25, 0.3) is 0 Å². The minimum Gasteiger partial charge on any atom is -0.0623 e. The zero-order chi connectivity index (χ0) is 15.5. The van der Waals surface area contributed by atoms with E-state index in [0.717, 1.165) is 0 Å². The van der Waals surface area contributed by atoms with E-state index in [1.807, 2.05) is 0 Å². The Bertz CT molecular complexity index is 681. The third-order valence-corrected chi connectivity index (χ3v) is 8.31. The van der Waals surface area contributed by atoms with Crippen molar-refractivity contribution in [3.63, 3.8) is 0 Å². The highest BCUT2D eigenvalue weighted by Gasteiger charge is 2.22. The first-order chi connectivity index (χ1) is 10.7. The Morgan fingerprint density at radius 1 is 0.455 bits per heavy atom. The summed E-state index contributed by atoms with van der Waals surface area (Å²) in [6.45, 7) is 6.73. The molecule has 0 heterocycles. The molecule has 0 nitrogen and oxygen atoms in total. The molecule has 22 heavy (non-hydrogen) atoms. The third-order valence-electron chi connectivity index (χ3n) is 4.50. The molecule has 0 spiro atoms. The number of hydrogen-bond donors (Lipinski definition) is 0. The van der Waals surface area contributed by atoms with Crippen LogP contribution in [0.2, 0.25) is 0 Å². The summed E-state index contributed by atoms with van der Waals surface area (Å²) in [4.78, 5) is 0. The Morgan fingerprint density at radius 2 is 0.727 bits per heavy atom. The van der Waals surface area contributed by atoms with Gasteiger partial charge in [-0.25, -0.2) is 0 Å². The maximum atomic E-state index is 2.32. The van der Waals surface area contributed by atoms with Crippen molar-refractivity contribution >= 4 is 24.4 Å². The first kappa shape index (κ1) is 14.8. The van der Waals surface area contributed by atoms with Crippen LogP contribution >= 0.6 is 0 Å². The Labute approximate surface area is 135 Å². The van der Waals surface area contributed by atoms with E-state index < -0.39 is 8.80 Å². The highest BCUT2D eigenvalue weighted by atomic mass is 28.3. The average Bonchev–Trinajstić information content (AvgIpc) is 2.53. The maximum absolute atomic E-state index is 2.32. The summed E-state index contributed by atoms with van der Waals surface area (Å²) in [5.74, 6) is 0. The number of hydrogen-bond acceptors (Lipinski definition) is 0. The molecular weight excluding hydrogens is 280 g/mol. The van der Waals surface area contributed by atoms with Gasteiger partial charge in [0.2, 0.25) is 0 Å². The molecule has 0 radical (unpaired) electrons. The van der Waals surface area contributed by atoms with Crippen LogP contribution in [-0.4, -0.2) is 8.80 Å². The molecular formula is C21H22Si. The third kappa shape index (κ3) is 2.77. The van der Waals surface area contributed by atoms with Crippen molar-refractivity contribution in [2.45, 2.75) is 20.8 Å². The van der Waals surface area contributed by atoms with Gasteiger partial charge in [0.1, 0.15) is 8.80 Å². The second-order valence-corrected chi connectivity index (χ2v) is 8.73. The molecule has 0 aromatic heterocycles. The highest BCUT2D eigenvalue weighted by Crippen LogP contribution is 2.05. The number of aryl methyl sites for hydroxylation is 3. The molecule has 1 heteroatoms. The molecule has 3 aromatic carbocycles. The van der Waals surface area contributed by atoms with Gasteiger partial charge >= 0.3 is 0 Å². The second kappa shape index (κ2) is 6.33. The molecule has 0 amide bonds. The summed E-state index contributed by atoms with van der Waals surface area (Å²) >= 11 is 0. The van der Waals surface area contributed by atoms with Crippen molar-refractivity contribution < 1.29 is 0 Å². The largest absolute Gasteiger partial charge is 0.133 e. The van der Waals surface area contributed by atoms with Gasteiger partial charge in [0, 0.05) is 0 Å². The van der Waals surface area contributed by atoms with Crippen molar-refractivity contribution in [2.24, 2.45) is 0 Å². The van der Waals surface area contributed by atoms with Gasteiger partial charge in [-0.15, -0.1) is 0 Å². The van der Waals surface area contributed by atoms with Gasteiger partial charge in [-0.3, -0.25) is 0 Å². The second-order valence-electron chi connectivity index (χ2n) is 6.00. The zero-order valence-corrected chi connectivity index (χ0v) is 14.7. The highest BCUT2D eigenvalue weighted by molar-refractivity contribution is 6.96. The summed E-state index contributed by atoms with van der Waals surface area (Å²) in [6.07, 6.45) is 0. The lowest BCUT2D eigenvalue weighted by Gasteiger charge is -2.22. The van der Waals surface area contributed by atoms with Gasteiger partial charge in [-0.2, -0.15) is 0 Å². The van der Waals surface area contributed by atoms with Crippen molar-refractivity contribution in [3.8, 4) is 0 Å². The molecule has 0 aliphatic rings. The van der Waals surface area contributed by atoms with Crippen LogP contribution < -0.4 is 15.6 Å². The lowest BCUT2D eigenvalue weighted by atomic mass is 10.2. The first-order valence-corrected chi connectivity index (χ1v) is 9.58. The molecule has 0 fully saturated rings. The summed E-state index contributed by atoms with van der Waals surface area (Å²) in [5, 5.41) is 4.60. The van der Waals surface area contributed by atoms with Crippen molar-refractivity contribution in [3.05, 3.63) is 89.5 Å². The molecule has 0 aliphatic carbocycles. The zero-order valence-electron chi connectivity index (χ0n) is 13.5. The SMILES string of the molecule is Cc1ccccc1[SiH](c1ccccc1C)c1ccccc1C. The normalized spacial score (nSPS) is 10.9. The van der Waals surface area contributed by atoms with Gasteiger partial charge in [-0.05, 0) is 36.3 Å². The number of rotatable bonds is 3. The minimum absolute atomic E-state index is 1.41. The van der Waals surface area contributed by atoms with Crippen LogP contribution in [0.4, 0.5) is 0 Å². The summed E-state index contributed by atoms with van der Waals surface area (Å²) < 4.78 is 0. The van der Waals surface area contributed by atoms with E-state index in [4.69, 9.17) is 0 Å². The van der Waals surface area contributed by atoms with Gasteiger partial charge in [0.05, 0.1) is 0 Å². The summed E-state index contributed by atoms with van der Waals surface area (Å²) in [5.41, 5.74) is 4.22. The Kier molecular flexibility index (Phi) is 4.26. The van der Waals surface area contributed by atoms with Crippen molar-refractivity contribution in [1.29, 1.82) is 0 Å². The smallest absolute Gasteiger partial charge is 0.0623 e. The predicted molar refractivity (Wildman–Crippen MR) is 99.6 cm³/mol. The van der Waals surface area contributed by atoms with Crippen molar-refractivity contribution in [2.75, 3.05) is 0 Å². The molecule has 0 unspecified atom stereocenters. The monoisotopic (exact) mass is 302 g/mol. The molecule has 3 aromatic rings. The number of benzene rings is 3. The lowest BCUT2D eigenvalue weighted by Crippen LogP contribution is -2.54. The van der Waals surface area contributed by atoms with E-state index in [9.17, 15) is 0 Å². The quantitative estimate of drug-likeness (QED) is 0.515. The topological polar surface area (TPSA) is 0 Å². The molecule has 0 saturated heterocycles. The molecule has 0 atom stereocenters. The molecule has 0 aliphatic heterocycles. The fraction of sp³-hybridized carbons (Fsp3) is 0.143. The van der Waals surface area contributed by atoms with Gasteiger partial charge in [-0.1, -0.05) is 89.5 Å². The maximum Gasteiger partial charge on any atom is 0.133 e. The van der Waals surface area contributed by atoms with Crippen LogP contribution in [0.5, 0.6) is 0 Å². The fourth-order valence-corrected chi connectivity index (χ4v) is 6.81. The Hall–Kier alpha value is -2.12. The molecule has 0 saturated carbocycles. The van der Waals surface area contributed by atoms with E-state index in [2.05, 4.69) is 93.6 Å². The van der Waals surface area contributed by atoms with E-state index in [1.165, 1.54) is 32.3 Å². The average molecular weight is 302 g/mol. The lowest BCUT2D eigenvalue weighted by molar-refractivity contribution is 1.47. The van der Waals surface area contributed by atoms with Crippen LogP contribution in [0.15, 0.2) is 72.8 Å². The first-order valence-electron chi connectivity index (χ1n) is 7.85. The molecule has 110 valence electrons. The molecule has 0 bridgehead atoms. The molecule has 0 N–H and O–H groups in total. The van der Waals surface area contributed by atoms with Crippen LogP contribution in [0.1, 0.15) is 16.7 Å². The van der Waals surface area contributed by atoms with Crippen LogP contribution in [-0.2, 0) is 0 Å². The van der Waals surface area contributed by atoms with E-state index in [1.54, 1.807) is 0 Å². The summed E-state index contributed by atoms with van der Waals surface area (Å²) in [6, 6.07) is 26.7. The van der Waals surface area contributed by atoms with Crippen LogP contribution in [0.25, 0.3) is 0 Å².